The Labute approximate surface area is 134 Å². The summed E-state index contributed by atoms with van der Waals surface area (Å²) in [5.41, 5.74) is 0.673. The molecule has 7 heteroatoms. The molecule has 1 atom stereocenters. The molecule has 2 rings (SSSR count). The second-order valence-electron chi connectivity index (χ2n) is 6.09. The van der Waals surface area contributed by atoms with E-state index in [2.05, 4.69) is 32.0 Å². The minimum atomic E-state index is -3.21. The van der Waals surface area contributed by atoms with Crippen LogP contribution in [0.4, 0.5) is 0 Å². The van der Waals surface area contributed by atoms with Gasteiger partial charge in [-0.3, -0.25) is 0 Å². The quantitative estimate of drug-likeness (QED) is 0.792. The van der Waals surface area contributed by atoms with Crippen molar-refractivity contribution in [2.24, 2.45) is 0 Å². The molecule has 118 valence electrons. The number of sulfonamides is 1. The summed E-state index contributed by atoms with van der Waals surface area (Å²) in [5.74, 6) is 0.929. The first-order valence-corrected chi connectivity index (χ1v) is 9.48. The predicted molar refractivity (Wildman–Crippen MR) is 87.2 cm³/mol. The minimum Gasteiger partial charge on any atom is -0.488 e. The van der Waals surface area contributed by atoms with Crippen LogP contribution in [0, 0.1) is 0 Å². The van der Waals surface area contributed by atoms with Gasteiger partial charge in [0.1, 0.15) is 11.9 Å². The number of halogens is 1. The van der Waals surface area contributed by atoms with Crippen molar-refractivity contribution >= 4 is 26.0 Å². The van der Waals surface area contributed by atoms with Crippen LogP contribution >= 0.6 is 15.9 Å². The SMILES string of the molecule is CC(C)(CNCC1Cc2cc(Br)ccc2O1)NS(C)(=O)=O. The van der Waals surface area contributed by atoms with Crippen LogP contribution < -0.4 is 14.8 Å². The van der Waals surface area contributed by atoms with E-state index in [0.29, 0.717) is 13.1 Å². The Morgan fingerprint density at radius 1 is 1.43 bits per heavy atom. The van der Waals surface area contributed by atoms with Crippen LogP contribution in [0.25, 0.3) is 0 Å². The summed E-state index contributed by atoms with van der Waals surface area (Å²) in [6.07, 6.45) is 2.12. The van der Waals surface area contributed by atoms with Crippen LogP contribution in [0.3, 0.4) is 0 Å². The predicted octanol–water partition coefficient (Wildman–Crippen LogP) is 1.67. The largest absolute Gasteiger partial charge is 0.488 e. The Balaban J connectivity index is 1.81. The number of rotatable bonds is 6. The molecule has 1 unspecified atom stereocenters. The summed E-state index contributed by atoms with van der Waals surface area (Å²) in [6.45, 7) is 4.92. The first-order chi connectivity index (χ1) is 9.65. The van der Waals surface area contributed by atoms with Crippen LogP contribution in [0.1, 0.15) is 19.4 Å². The summed E-state index contributed by atoms with van der Waals surface area (Å²) in [5, 5.41) is 3.28. The van der Waals surface area contributed by atoms with Crippen LogP contribution in [0.5, 0.6) is 5.75 Å². The molecular formula is C14H21BrN2O3S. The maximum Gasteiger partial charge on any atom is 0.209 e. The van der Waals surface area contributed by atoms with E-state index in [1.165, 1.54) is 11.8 Å². The molecule has 2 N–H and O–H groups in total. The molecule has 0 aromatic heterocycles. The van der Waals surface area contributed by atoms with Gasteiger partial charge in [-0.05, 0) is 37.6 Å². The topological polar surface area (TPSA) is 67.4 Å². The molecule has 0 spiro atoms. The Morgan fingerprint density at radius 2 is 2.14 bits per heavy atom. The Kier molecular flexibility index (Phi) is 4.97. The van der Waals surface area contributed by atoms with Gasteiger partial charge in [0.2, 0.25) is 10.0 Å². The van der Waals surface area contributed by atoms with Crippen molar-refractivity contribution in [2.75, 3.05) is 19.3 Å². The summed E-state index contributed by atoms with van der Waals surface area (Å²) < 4.78 is 32.1. The average molecular weight is 377 g/mol. The molecule has 1 aliphatic heterocycles. The van der Waals surface area contributed by atoms with Crippen molar-refractivity contribution < 1.29 is 13.2 Å². The van der Waals surface area contributed by atoms with Crippen LogP contribution in [0.15, 0.2) is 22.7 Å². The lowest BCUT2D eigenvalue weighted by Crippen LogP contribution is -2.51. The van der Waals surface area contributed by atoms with Gasteiger partial charge in [-0.15, -0.1) is 0 Å². The highest BCUT2D eigenvalue weighted by atomic mass is 79.9. The fourth-order valence-corrected chi connectivity index (χ4v) is 3.97. The second kappa shape index (κ2) is 6.24. The summed E-state index contributed by atoms with van der Waals surface area (Å²) in [7, 11) is -3.21. The fraction of sp³-hybridized carbons (Fsp3) is 0.571. The van der Waals surface area contributed by atoms with Crippen molar-refractivity contribution in [3.63, 3.8) is 0 Å². The van der Waals surface area contributed by atoms with Crippen LogP contribution in [-0.4, -0.2) is 39.4 Å². The molecule has 0 fully saturated rings. The van der Waals surface area contributed by atoms with Gasteiger partial charge in [0, 0.05) is 29.5 Å². The summed E-state index contributed by atoms with van der Waals surface area (Å²) in [6, 6.07) is 6.01. The monoisotopic (exact) mass is 376 g/mol. The average Bonchev–Trinajstić information content (AvgIpc) is 2.66. The van der Waals surface area contributed by atoms with Gasteiger partial charge in [0.25, 0.3) is 0 Å². The smallest absolute Gasteiger partial charge is 0.209 e. The lowest BCUT2D eigenvalue weighted by Gasteiger charge is -2.26. The zero-order valence-corrected chi connectivity index (χ0v) is 14.8. The molecule has 1 heterocycles. The van der Waals surface area contributed by atoms with Crippen LogP contribution in [-0.2, 0) is 16.4 Å². The first kappa shape index (κ1) is 16.7. The molecule has 0 saturated heterocycles. The van der Waals surface area contributed by atoms with Crippen LogP contribution in [0.2, 0.25) is 0 Å². The first-order valence-electron chi connectivity index (χ1n) is 6.79. The number of benzene rings is 1. The van der Waals surface area contributed by atoms with Crippen molar-refractivity contribution in [3.05, 3.63) is 28.2 Å². The molecule has 1 aromatic rings. The molecule has 5 nitrogen and oxygen atoms in total. The number of ether oxygens (including phenoxy) is 1. The maximum absolute atomic E-state index is 11.3. The zero-order valence-electron chi connectivity index (χ0n) is 12.4. The second-order valence-corrected chi connectivity index (χ2v) is 8.75. The number of hydrogen-bond acceptors (Lipinski definition) is 4. The molecule has 0 radical (unpaired) electrons. The highest BCUT2D eigenvalue weighted by molar-refractivity contribution is 9.10. The van der Waals surface area contributed by atoms with Crippen molar-refractivity contribution in [2.45, 2.75) is 31.9 Å². The lowest BCUT2D eigenvalue weighted by molar-refractivity contribution is 0.223. The standard InChI is InChI=1S/C14H21BrN2O3S/c1-14(2,17-21(3,18)19)9-16-8-12-7-10-6-11(15)4-5-13(10)20-12/h4-6,12,16-17H,7-9H2,1-3H3. The lowest BCUT2D eigenvalue weighted by atomic mass is 10.1. The maximum atomic E-state index is 11.3. The molecule has 0 amide bonds. The van der Waals surface area contributed by atoms with Gasteiger partial charge in [-0.1, -0.05) is 15.9 Å². The molecule has 1 aliphatic rings. The molecular weight excluding hydrogens is 356 g/mol. The molecule has 0 bridgehead atoms. The number of fused-ring (bicyclic) bond motifs is 1. The third-order valence-corrected chi connectivity index (χ3v) is 4.58. The zero-order chi connectivity index (χ0) is 15.7. The Bertz CT molecular complexity index is 617. The third-order valence-electron chi connectivity index (χ3n) is 3.16. The van der Waals surface area contributed by atoms with Crippen molar-refractivity contribution in [1.82, 2.24) is 10.0 Å². The number of hydrogen-bond donors (Lipinski definition) is 2. The fourth-order valence-electron chi connectivity index (χ4n) is 2.49. The minimum absolute atomic E-state index is 0.0864. The van der Waals surface area contributed by atoms with E-state index in [4.69, 9.17) is 4.74 Å². The van der Waals surface area contributed by atoms with Gasteiger partial charge in [0.15, 0.2) is 0 Å². The number of nitrogens with one attached hydrogen (secondary N) is 2. The summed E-state index contributed by atoms with van der Waals surface area (Å²) in [4.78, 5) is 0. The Morgan fingerprint density at radius 3 is 2.81 bits per heavy atom. The molecule has 21 heavy (non-hydrogen) atoms. The Hall–Kier alpha value is -0.630. The van der Waals surface area contributed by atoms with Crippen molar-refractivity contribution in [3.8, 4) is 5.75 Å². The molecule has 1 aromatic carbocycles. The van der Waals surface area contributed by atoms with E-state index >= 15 is 0 Å². The van der Waals surface area contributed by atoms with E-state index < -0.39 is 15.6 Å². The van der Waals surface area contributed by atoms with E-state index in [1.807, 2.05) is 26.0 Å². The van der Waals surface area contributed by atoms with Gasteiger partial charge in [-0.2, -0.15) is 0 Å². The normalized spacial score (nSPS) is 18.4. The molecule has 0 aliphatic carbocycles. The molecule has 0 saturated carbocycles. The van der Waals surface area contributed by atoms with Crippen molar-refractivity contribution in [1.29, 1.82) is 0 Å². The van der Waals surface area contributed by atoms with Gasteiger partial charge in [0.05, 0.1) is 6.26 Å². The van der Waals surface area contributed by atoms with E-state index in [9.17, 15) is 8.42 Å². The van der Waals surface area contributed by atoms with E-state index in [-0.39, 0.29) is 6.10 Å². The third kappa shape index (κ3) is 5.25. The van der Waals surface area contributed by atoms with Gasteiger partial charge >= 0.3 is 0 Å². The highest BCUT2D eigenvalue weighted by Crippen LogP contribution is 2.30. The van der Waals surface area contributed by atoms with Gasteiger partial charge in [-0.25, -0.2) is 13.1 Å². The van der Waals surface area contributed by atoms with Gasteiger partial charge < -0.3 is 10.1 Å². The summed E-state index contributed by atoms with van der Waals surface area (Å²) >= 11 is 3.46. The highest BCUT2D eigenvalue weighted by Gasteiger charge is 2.25. The van der Waals surface area contributed by atoms with E-state index in [0.717, 1.165) is 16.6 Å². The van der Waals surface area contributed by atoms with E-state index in [1.54, 1.807) is 0 Å².